The van der Waals surface area contributed by atoms with E-state index in [1.165, 1.54) is 0 Å². The van der Waals surface area contributed by atoms with Gasteiger partial charge in [-0.1, -0.05) is 27.7 Å². The van der Waals surface area contributed by atoms with Crippen molar-refractivity contribution in [1.82, 2.24) is 5.32 Å². The average molecular weight is 183 g/mol. The van der Waals surface area contributed by atoms with Crippen LogP contribution < -0.4 is 5.32 Å². The number of amides is 1. The van der Waals surface area contributed by atoms with Gasteiger partial charge in [-0.3, -0.25) is 4.79 Å². The van der Waals surface area contributed by atoms with Crippen molar-refractivity contribution in [3.63, 3.8) is 0 Å². The van der Waals surface area contributed by atoms with Crippen LogP contribution in [0.25, 0.3) is 0 Å². The van der Waals surface area contributed by atoms with Crippen LogP contribution in [-0.4, -0.2) is 11.4 Å². The lowest BCUT2D eigenvalue weighted by Gasteiger charge is -2.44. The lowest BCUT2D eigenvalue weighted by Crippen LogP contribution is -2.62. The van der Waals surface area contributed by atoms with Crippen LogP contribution in [0.15, 0.2) is 0 Å². The Balaban J connectivity index is 2.50. The van der Waals surface area contributed by atoms with Crippen molar-refractivity contribution in [2.75, 3.05) is 0 Å². The van der Waals surface area contributed by atoms with E-state index in [9.17, 15) is 4.79 Å². The molecule has 1 aliphatic heterocycles. The van der Waals surface area contributed by atoms with Gasteiger partial charge in [0, 0.05) is 12.0 Å². The van der Waals surface area contributed by atoms with Gasteiger partial charge in [-0.2, -0.15) is 0 Å². The Hall–Kier alpha value is -0.530. The van der Waals surface area contributed by atoms with Gasteiger partial charge in [0.1, 0.15) is 0 Å². The van der Waals surface area contributed by atoms with Crippen molar-refractivity contribution in [2.45, 2.75) is 52.5 Å². The molecule has 1 N–H and O–H groups in total. The molecule has 0 aromatic rings. The summed E-state index contributed by atoms with van der Waals surface area (Å²) in [4.78, 5) is 11.0. The van der Waals surface area contributed by atoms with Gasteiger partial charge in [0.25, 0.3) is 0 Å². The fourth-order valence-electron chi connectivity index (χ4n) is 2.48. The van der Waals surface area contributed by atoms with Crippen molar-refractivity contribution < 1.29 is 4.79 Å². The van der Waals surface area contributed by atoms with E-state index in [4.69, 9.17) is 0 Å². The van der Waals surface area contributed by atoms with Gasteiger partial charge in [0.15, 0.2) is 0 Å². The van der Waals surface area contributed by atoms with E-state index >= 15 is 0 Å². The van der Waals surface area contributed by atoms with Gasteiger partial charge in [0.05, 0.1) is 0 Å². The van der Waals surface area contributed by atoms with Gasteiger partial charge in [0.2, 0.25) is 5.91 Å². The summed E-state index contributed by atoms with van der Waals surface area (Å²) in [7, 11) is 0. The zero-order valence-corrected chi connectivity index (χ0v) is 9.18. The smallest absolute Gasteiger partial charge is 0.222 e. The number of β-lactam (4-membered cyclic amide) rings is 1. The minimum atomic E-state index is 0.138. The third kappa shape index (κ3) is 2.71. The van der Waals surface area contributed by atoms with E-state index < -0.39 is 0 Å². The summed E-state index contributed by atoms with van der Waals surface area (Å²) in [5.74, 6) is 1.56. The maximum Gasteiger partial charge on any atom is 0.222 e. The second kappa shape index (κ2) is 3.69. The first-order valence-electron chi connectivity index (χ1n) is 5.24. The summed E-state index contributed by atoms with van der Waals surface area (Å²) in [5, 5.41) is 3.08. The topological polar surface area (TPSA) is 29.1 Å². The maximum atomic E-state index is 11.0. The molecule has 2 nitrogen and oxygen atoms in total. The molecule has 13 heavy (non-hydrogen) atoms. The third-order valence-corrected chi connectivity index (χ3v) is 2.50. The summed E-state index contributed by atoms with van der Waals surface area (Å²) in [6, 6.07) is 0. The lowest BCUT2D eigenvalue weighted by atomic mass is 9.74. The van der Waals surface area contributed by atoms with Crippen LogP contribution in [0.3, 0.4) is 0 Å². The molecule has 0 saturated carbocycles. The van der Waals surface area contributed by atoms with Crippen LogP contribution in [0.4, 0.5) is 0 Å². The number of carbonyl (C=O) groups excluding carboxylic acids is 1. The normalized spacial score (nSPS) is 20.3. The molecule has 0 bridgehead atoms. The molecular formula is C11H21NO. The predicted molar refractivity (Wildman–Crippen MR) is 54.4 cm³/mol. The monoisotopic (exact) mass is 183 g/mol. The Morgan fingerprint density at radius 1 is 1.23 bits per heavy atom. The molecule has 0 spiro atoms. The standard InChI is InChI=1S/C11H21NO/c1-8(2)5-11(6-9(3)4)7-10(13)12-11/h8-9H,5-7H2,1-4H3,(H,12,13). The molecule has 2 heteroatoms. The quantitative estimate of drug-likeness (QED) is 0.666. The zero-order chi connectivity index (χ0) is 10.1. The Morgan fingerprint density at radius 2 is 1.62 bits per heavy atom. The van der Waals surface area contributed by atoms with Gasteiger partial charge in [-0.15, -0.1) is 0 Å². The molecule has 0 aliphatic carbocycles. The predicted octanol–water partition coefficient (Wildman–Crippen LogP) is 2.34. The van der Waals surface area contributed by atoms with Crippen molar-refractivity contribution in [1.29, 1.82) is 0 Å². The number of hydrogen-bond acceptors (Lipinski definition) is 1. The number of hydrogen-bond donors (Lipinski definition) is 1. The molecule has 76 valence electrons. The van der Waals surface area contributed by atoms with Crippen molar-refractivity contribution in [3.05, 3.63) is 0 Å². The largest absolute Gasteiger partial charge is 0.350 e. The average Bonchev–Trinajstić information content (AvgIpc) is 1.79. The summed E-state index contributed by atoms with van der Waals surface area (Å²) in [6.07, 6.45) is 2.98. The molecule has 1 saturated heterocycles. The molecular weight excluding hydrogens is 162 g/mol. The van der Waals surface area contributed by atoms with Crippen LogP contribution >= 0.6 is 0 Å². The Labute approximate surface area is 81.1 Å². The second-order valence-electron chi connectivity index (χ2n) is 5.20. The Kier molecular flexibility index (Phi) is 2.99. The van der Waals surface area contributed by atoms with E-state index in [-0.39, 0.29) is 11.4 Å². The first-order chi connectivity index (χ1) is 5.93. The molecule has 0 aromatic heterocycles. The van der Waals surface area contributed by atoms with Gasteiger partial charge >= 0.3 is 0 Å². The maximum absolute atomic E-state index is 11.0. The first kappa shape index (κ1) is 10.6. The van der Waals surface area contributed by atoms with E-state index in [2.05, 4.69) is 33.0 Å². The molecule has 1 aliphatic rings. The highest BCUT2D eigenvalue weighted by Crippen LogP contribution is 2.33. The zero-order valence-electron chi connectivity index (χ0n) is 9.18. The highest BCUT2D eigenvalue weighted by Gasteiger charge is 2.42. The lowest BCUT2D eigenvalue weighted by molar-refractivity contribution is -0.134. The van der Waals surface area contributed by atoms with E-state index in [0.717, 1.165) is 19.3 Å². The minimum absolute atomic E-state index is 0.138. The van der Waals surface area contributed by atoms with Crippen LogP contribution in [0.2, 0.25) is 0 Å². The van der Waals surface area contributed by atoms with Crippen LogP contribution in [0, 0.1) is 11.8 Å². The molecule has 1 rings (SSSR count). The third-order valence-electron chi connectivity index (χ3n) is 2.50. The molecule has 0 unspecified atom stereocenters. The summed E-state index contributed by atoms with van der Waals surface area (Å²) < 4.78 is 0. The highest BCUT2D eigenvalue weighted by atomic mass is 16.2. The summed E-state index contributed by atoms with van der Waals surface area (Å²) in [6.45, 7) is 8.86. The highest BCUT2D eigenvalue weighted by molar-refractivity contribution is 5.84. The fourth-order valence-corrected chi connectivity index (χ4v) is 2.48. The van der Waals surface area contributed by atoms with E-state index in [0.29, 0.717) is 11.8 Å². The van der Waals surface area contributed by atoms with Crippen LogP contribution in [0.1, 0.15) is 47.0 Å². The SMILES string of the molecule is CC(C)CC1(CC(C)C)CC(=O)N1. The van der Waals surface area contributed by atoms with E-state index in [1.807, 2.05) is 0 Å². The van der Waals surface area contributed by atoms with Gasteiger partial charge < -0.3 is 5.32 Å². The molecule has 0 atom stereocenters. The summed E-state index contributed by atoms with van der Waals surface area (Å²) in [5.41, 5.74) is 0.138. The second-order valence-corrected chi connectivity index (χ2v) is 5.20. The van der Waals surface area contributed by atoms with E-state index in [1.54, 1.807) is 0 Å². The molecule has 1 amide bonds. The Bertz CT molecular complexity index is 176. The van der Waals surface area contributed by atoms with Crippen LogP contribution in [-0.2, 0) is 4.79 Å². The van der Waals surface area contributed by atoms with Gasteiger partial charge in [-0.25, -0.2) is 0 Å². The Morgan fingerprint density at radius 3 is 1.85 bits per heavy atom. The van der Waals surface area contributed by atoms with Crippen molar-refractivity contribution in [2.24, 2.45) is 11.8 Å². The summed E-state index contributed by atoms with van der Waals surface area (Å²) >= 11 is 0. The molecule has 0 radical (unpaired) electrons. The number of rotatable bonds is 4. The molecule has 1 fully saturated rings. The number of nitrogens with one attached hydrogen (secondary N) is 1. The first-order valence-corrected chi connectivity index (χ1v) is 5.24. The minimum Gasteiger partial charge on any atom is -0.350 e. The fraction of sp³-hybridized carbons (Fsp3) is 0.909. The van der Waals surface area contributed by atoms with Crippen LogP contribution in [0.5, 0.6) is 0 Å². The van der Waals surface area contributed by atoms with Crippen molar-refractivity contribution in [3.8, 4) is 0 Å². The molecule has 0 aromatic carbocycles. The van der Waals surface area contributed by atoms with Gasteiger partial charge in [-0.05, 0) is 24.7 Å². The molecule has 1 heterocycles. The van der Waals surface area contributed by atoms with Crippen molar-refractivity contribution >= 4 is 5.91 Å². The number of carbonyl (C=O) groups is 1.